The topological polar surface area (TPSA) is 27.0 Å². The van der Waals surface area contributed by atoms with Gasteiger partial charge in [0.25, 0.3) is 0 Å². The Labute approximate surface area is 96.3 Å². The smallest absolute Gasteiger partial charge is 0.129 e. The van der Waals surface area contributed by atoms with Crippen LogP contribution < -0.4 is 0 Å². The maximum absolute atomic E-state index is 13.6. The predicted molar refractivity (Wildman–Crippen MR) is 62.4 cm³/mol. The SMILES string of the molecule is CCCN(CC)Cc1ccc(C#N)cc1F. The third-order valence-electron chi connectivity index (χ3n) is 2.56. The Balaban J connectivity index is 2.77. The van der Waals surface area contributed by atoms with E-state index in [-0.39, 0.29) is 5.82 Å². The standard InChI is InChI=1S/C13H17FN2/c1-3-7-16(4-2)10-12-6-5-11(9-15)8-13(12)14/h5-6,8H,3-4,7,10H2,1-2H3. The van der Waals surface area contributed by atoms with Gasteiger partial charge in [0.15, 0.2) is 0 Å². The van der Waals surface area contributed by atoms with Crippen molar-refractivity contribution in [3.8, 4) is 6.07 Å². The number of hydrogen-bond acceptors (Lipinski definition) is 2. The van der Waals surface area contributed by atoms with Crippen LogP contribution in [0.5, 0.6) is 0 Å². The third kappa shape index (κ3) is 3.32. The molecule has 0 N–H and O–H groups in total. The summed E-state index contributed by atoms with van der Waals surface area (Å²) >= 11 is 0. The van der Waals surface area contributed by atoms with E-state index in [4.69, 9.17) is 5.26 Å². The summed E-state index contributed by atoms with van der Waals surface area (Å²) in [6.45, 7) is 6.67. The van der Waals surface area contributed by atoms with Gasteiger partial charge in [0.1, 0.15) is 5.82 Å². The minimum Gasteiger partial charge on any atom is -0.299 e. The highest BCUT2D eigenvalue weighted by molar-refractivity contribution is 5.32. The minimum atomic E-state index is -0.284. The van der Waals surface area contributed by atoms with Gasteiger partial charge in [-0.25, -0.2) is 4.39 Å². The Hall–Kier alpha value is -1.40. The van der Waals surface area contributed by atoms with E-state index in [0.29, 0.717) is 17.7 Å². The highest BCUT2D eigenvalue weighted by atomic mass is 19.1. The summed E-state index contributed by atoms with van der Waals surface area (Å²) in [5.74, 6) is -0.284. The summed E-state index contributed by atoms with van der Waals surface area (Å²) in [7, 11) is 0. The Morgan fingerprint density at radius 2 is 2.12 bits per heavy atom. The summed E-state index contributed by atoms with van der Waals surface area (Å²) in [5, 5.41) is 8.64. The Bertz CT molecular complexity index is 382. The molecule has 1 aromatic carbocycles. The maximum atomic E-state index is 13.6. The fourth-order valence-corrected chi connectivity index (χ4v) is 1.65. The summed E-state index contributed by atoms with van der Waals surface area (Å²) in [6, 6.07) is 6.60. The lowest BCUT2D eigenvalue weighted by molar-refractivity contribution is 0.276. The van der Waals surface area contributed by atoms with Crippen molar-refractivity contribution in [1.82, 2.24) is 4.90 Å². The second-order valence-corrected chi connectivity index (χ2v) is 3.79. The van der Waals surface area contributed by atoms with Crippen LogP contribution in [0.25, 0.3) is 0 Å². The van der Waals surface area contributed by atoms with Crippen molar-refractivity contribution in [3.63, 3.8) is 0 Å². The molecule has 0 saturated heterocycles. The van der Waals surface area contributed by atoms with Crippen LogP contribution in [-0.2, 0) is 6.54 Å². The van der Waals surface area contributed by atoms with Gasteiger partial charge in [-0.15, -0.1) is 0 Å². The zero-order valence-electron chi connectivity index (χ0n) is 9.83. The molecule has 0 saturated carbocycles. The average molecular weight is 220 g/mol. The number of hydrogen-bond donors (Lipinski definition) is 0. The van der Waals surface area contributed by atoms with E-state index in [1.54, 1.807) is 12.1 Å². The molecule has 0 aromatic heterocycles. The number of nitriles is 1. The molecule has 1 rings (SSSR count). The molecule has 0 heterocycles. The molecule has 2 nitrogen and oxygen atoms in total. The molecule has 3 heteroatoms. The van der Waals surface area contributed by atoms with Crippen LogP contribution in [0.1, 0.15) is 31.4 Å². The first-order valence-corrected chi connectivity index (χ1v) is 5.62. The summed E-state index contributed by atoms with van der Waals surface area (Å²) in [5.41, 5.74) is 1.04. The van der Waals surface area contributed by atoms with E-state index in [2.05, 4.69) is 18.7 Å². The first-order chi connectivity index (χ1) is 7.71. The van der Waals surface area contributed by atoms with Crippen molar-refractivity contribution in [1.29, 1.82) is 5.26 Å². The number of nitrogens with zero attached hydrogens (tertiary/aromatic N) is 2. The van der Waals surface area contributed by atoms with Crippen molar-refractivity contribution in [3.05, 3.63) is 35.1 Å². The van der Waals surface area contributed by atoms with Crippen LogP contribution >= 0.6 is 0 Å². The lowest BCUT2D eigenvalue weighted by Gasteiger charge is -2.19. The Morgan fingerprint density at radius 1 is 1.38 bits per heavy atom. The maximum Gasteiger partial charge on any atom is 0.129 e. The molecule has 0 aliphatic heterocycles. The average Bonchev–Trinajstić information content (AvgIpc) is 2.30. The van der Waals surface area contributed by atoms with E-state index in [1.807, 2.05) is 6.07 Å². The van der Waals surface area contributed by atoms with Gasteiger partial charge in [-0.2, -0.15) is 5.26 Å². The molecule has 0 unspecified atom stereocenters. The van der Waals surface area contributed by atoms with E-state index < -0.39 is 0 Å². The minimum absolute atomic E-state index is 0.284. The molecular weight excluding hydrogens is 203 g/mol. The summed E-state index contributed by atoms with van der Waals surface area (Å²) in [4.78, 5) is 2.18. The lowest BCUT2D eigenvalue weighted by atomic mass is 10.1. The second kappa shape index (κ2) is 6.24. The van der Waals surface area contributed by atoms with Crippen LogP contribution in [-0.4, -0.2) is 18.0 Å². The Morgan fingerprint density at radius 3 is 2.62 bits per heavy atom. The van der Waals surface area contributed by atoms with Gasteiger partial charge in [0.05, 0.1) is 11.6 Å². The number of benzene rings is 1. The molecule has 0 radical (unpaired) electrons. The third-order valence-corrected chi connectivity index (χ3v) is 2.56. The second-order valence-electron chi connectivity index (χ2n) is 3.79. The van der Waals surface area contributed by atoms with E-state index >= 15 is 0 Å². The van der Waals surface area contributed by atoms with Crippen molar-refractivity contribution >= 4 is 0 Å². The van der Waals surface area contributed by atoms with Gasteiger partial charge in [-0.05, 0) is 31.6 Å². The van der Waals surface area contributed by atoms with Gasteiger partial charge in [-0.1, -0.05) is 19.9 Å². The number of halogens is 1. The number of rotatable bonds is 5. The van der Waals surface area contributed by atoms with Gasteiger partial charge >= 0.3 is 0 Å². The molecule has 86 valence electrons. The van der Waals surface area contributed by atoms with Crippen LogP contribution in [0, 0.1) is 17.1 Å². The normalized spacial score (nSPS) is 10.4. The van der Waals surface area contributed by atoms with E-state index in [1.165, 1.54) is 6.07 Å². The van der Waals surface area contributed by atoms with Crippen LogP contribution in [0.2, 0.25) is 0 Å². The molecule has 0 fully saturated rings. The quantitative estimate of drug-likeness (QED) is 0.762. The van der Waals surface area contributed by atoms with Crippen molar-refractivity contribution in [2.75, 3.05) is 13.1 Å². The predicted octanol–water partition coefficient (Wildman–Crippen LogP) is 2.93. The van der Waals surface area contributed by atoms with Crippen molar-refractivity contribution in [2.24, 2.45) is 0 Å². The van der Waals surface area contributed by atoms with E-state index in [9.17, 15) is 4.39 Å². The molecule has 0 atom stereocenters. The first kappa shape index (κ1) is 12.7. The van der Waals surface area contributed by atoms with Gasteiger partial charge in [0, 0.05) is 12.1 Å². The molecule has 0 aliphatic carbocycles. The summed E-state index contributed by atoms with van der Waals surface area (Å²) in [6.07, 6.45) is 1.06. The molecule has 0 aliphatic rings. The van der Waals surface area contributed by atoms with E-state index in [0.717, 1.165) is 19.5 Å². The van der Waals surface area contributed by atoms with Gasteiger partial charge in [0.2, 0.25) is 0 Å². The fourth-order valence-electron chi connectivity index (χ4n) is 1.65. The van der Waals surface area contributed by atoms with Crippen LogP contribution in [0.15, 0.2) is 18.2 Å². The van der Waals surface area contributed by atoms with Crippen molar-refractivity contribution in [2.45, 2.75) is 26.8 Å². The monoisotopic (exact) mass is 220 g/mol. The van der Waals surface area contributed by atoms with Crippen molar-refractivity contribution < 1.29 is 4.39 Å². The van der Waals surface area contributed by atoms with Gasteiger partial charge < -0.3 is 0 Å². The molecule has 0 bridgehead atoms. The lowest BCUT2D eigenvalue weighted by Crippen LogP contribution is -2.24. The molecule has 1 aromatic rings. The highest BCUT2D eigenvalue weighted by Crippen LogP contribution is 2.12. The largest absolute Gasteiger partial charge is 0.299 e. The Kier molecular flexibility index (Phi) is 4.94. The summed E-state index contributed by atoms with van der Waals surface area (Å²) < 4.78 is 13.6. The first-order valence-electron chi connectivity index (χ1n) is 5.62. The fraction of sp³-hybridized carbons (Fsp3) is 0.462. The van der Waals surface area contributed by atoms with Crippen LogP contribution in [0.4, 0.5) is 4.39 Å². The molecule has 16 heavy (non-hydrogen) atoms. The van der Waals surface area contributed by atoms with Gasteiger partial charge in [-0.3, -0.25) is 4.90 Å². The van der Waals surface area contributed by atoms with Crippen LogP contribution in [0.3, 0.4) is 0 Å². The molecular formula is C13H17FN2. The molecule has 0 amide bonds. The molecule has 0 spiro atoms. The highest BCUT2D eigenvalue weighted by Gasteiger charge is 2.07. The zero-order chi connectivity index (χ0) is 12.0. The zero-order valence-corrected chi connectivity index (χ0v) is 9.83.